The SMILES string of the molecule is COC(C)c1nc2c(F)cc(F)cc2[nH]1. The molecule has 1 aromatic carbocycles. The van der Waals surface area contributed by atoms with Gasteiger partial charge in [-0.3, -0.25) is 0 Å². The maximum atomic E-state index is 13.3. The average Bonchev–Trinajstić information content (AvgIpc) is 2.60. The number of aromatic nitrogens is 2. The lowest BCUT2D eigenvalue weighted by molar-refractivity contribution is 0.113. The van der Waals surface area contributed by atoms with E-state index in [9.17, 15) is 8.78 Å². The minimum Gasteiger partial charge on any atom is -0.374 e. The number of aromatic amines is 1. The molecule has 1 aromatic heterocycles. The number of nitrogens with zero attached hydrogens (tertiary/aromatic N) is 1. The molecule has 0 amide bonds. The highest BCUT2D eigenvalue weighted by molar-refractivity contribution is 5.75. The van der Waals surface area contributed by atoms with Crippen LogP contribution in [-0.2, 0) is 4.74 Å². The van der Waals surface area contributed by atoms with E-state index in [1.165, 1.54) is 13.2 Å². The van der Waals surface area contributed by atoms with Crippen LogP contribution < -0.4 is 0 Å². The molecule has 2 rings (SSSR count). The van der Waals surface area contributed by atoms with Crippen LogP contribution in [0.25, 0.3) is 11.0 Å². The third kappa shape index (κ3) is 1.70. The van der Waals surface area contributed by atoms with E-state index in [1.807, 2.05) is 0 Å². The van der Waals surface area contributed by atoms with Crippen LogP contribution in [0.5, 0.6) is 0 Å². The van der Waals surface area contributed by atoms with E-state index in [4.69, 9.17) is 4.74 Å². The molecule has 0 bridgehead atoms. The molecule has 0 aliphatic carbocycles. The largest absolute Gasteiger partial charge is 0.374 e. The monoisotopic (exact) mass is 212 g/mol. The van der Waals surface area contributed by atoms with Crippen LogP contribution >= 0.6 is 0 Å². The van der Waals surface area contributed by atoms with Gasteiger partial charge in [0.2, 0.25) is 0 Å². The predicted octanol–water partition coefficient (Wildman–Crippen LogP) is 2.55. The lowest BCUT2D eigenvalue weighted by atomic mass is 10.3. The summed E-state index contributed by atoms with van der Waals surface area (Å²) in [4.78, 5) is 6.81. The van der Waals surface area contributed by atoms with Crippen molar-refractivity contribution in [1.82, 2.24) is 9.97 Å². The number of rotatable bonds is 2. The van der Waals surface area contributed by atoms with Crippen molar-refractivity contribution in [2.24, 2.45) is 0 Å². The van der Waals surface area contributed by atoms with E-state index >= 15 is 0 Å². The molecule has 0 saturated heterocycles. The van der Waals surface area contributed by atoms with E-state index in [2.05, 4.69) is 9.97 Å². The Kier molecular flexibility index (Phi) is 2.40. The summed E-state index contributed by atoms with van der Waals surface area (Å²) < 4.78 is 31.2. The Morgan fingerprint density at radius 2 is 2.13 bits per heavy atom. The van der Waals surface area contributed by atoms with Crippen LogP contribution in [0, 0.1) is 11.6 Å². The molecule has 1 unspecified atom stereocenters. The van der Waals surface area contributed by atoms with Crippen molar-refractivity contribution in [2.45, 2.75) is 13.0 Å². The number of imidazole rings is 1. The Labute approximate surface area is 85.1 Å². The Balaban J connectivity index is 2.60. The van der Waals surface area contributed by atoms with Crippen LogP contribution in [0.15, 0.2) is 12.1 Å². The van der Waals surface area contributed by atoms with Crippen molar-refractivity contribution in [1.29, 1.82) is 0 Å². The molecule has 1 N–H and O–H groups in total. The lowest BCUT2D eigenvalue weighted by Gasteiger charge is -2.03. The number of methoxy groups -OCH3 is 1. The van der Waals surface area contributed by atoms with Crippen LogP contribution in [0.2, 0.25) is 0 Å². The van der Waals surface area contributed by atoms with Gasteiger partial charge in [0.1, 0.15) is 23.3 Å². The second-order valence-electron chi connectivity index (χ2n) is 3.28. The molecular formula is C10H10F2N2O. The van der Waals surface area contributed by atoms with Gasteiger partial charge in [0, 0.05) is 13.2 Å². The van der Waals surface area contributed by atoms with Crippen LogP contribution in [-0.4, -0.2) is 17.1 Å². The van der Waals surface area contributed by atoms with Crippen molar-refractivity contribution in [3.8, 4) is 0 Å². The third-order valence-electron chi connectivity index (χ3n) is 2.26. The molecule has 15 heavy (non-hydrogen) atoms. The van der Waals surface area contributed by atoms with Gasteiger partial charge in [-0.05, 0) is 13.0 Å². The highest BCUT2D eigenvalue weighted by atomic mass is 19.1. The van der Waals surface area contributed by atoms with E-state index in [-0.39, 0.29) is 11.6 Å². The highest BCUT2D eigenvalue weighted by Crippen LogP contribution is 2.21. The number of benzene rings is 1. The molecule has 2 aromatic rings. The molecule has 0 fully saturated rings. The van der Waals surface area contributed by atoms with Crippen molar-refractivity contribution in [3.05, 3.63) is 29.6 Å². The highest BCUT2D eigenvalue weighted by Gasteiger charge is 2.13. The minimum absolute atomic E-state index is 0.135. The zero-order chi connectivity index (χ0) is 11.0. The molecule has 1 heterocycles. The average molecular weight is 212 g/mol. The van der Waals surface area contributed by atoms with Gasteiger partial charge in [-0.2, -0.15) is 0 Å². The van der Waals surface area contributed by atoms with Gasteiger partial charge in [0.05, 0.1) is 5.52 Å². The van der Waals surface area contributed by atoms with E-state index in [0.717, 1.165) is 6.07 Å². The van der Waals surface area contributed by atoms with Gasteiger partial charge in [0.15, 0.2) is 5.82 Å². The fourth-order valence-corrected chi connectivity index (χ4v) is 1.37. The minimum atomic E-state index is -0.671. The summed E-state index contributed by atoms with van der Waals surface area (Å²) >= 11 is 0. The number of ether oxygens (including phenoxy) is 1. The summed E-state index contributed by atoms with van der Waals surface area (Å²) in [6, 6.07) is 2.02. The molecule has 0 radical (unpaired) electrons. The number of H-pyrrole nitrogens is 1. The molecule has 0 aliphatic rings. The molecule has 0 saturated carbocycles. The van der Waals surface area contributed by atoms with Crippen LogP contribution in [0.1, 0.15) is 18.9 Å². The maximum absolute atomic E-state index is 13.3. The predicted molar refractivity (Wildman–Crippen MR) is 51.4 cm³/mol. The topological polar surface area (TPSA) is 37.9 Å². The summed E-state index contributed by atoms with van der Waals surface area (Å²) in [5, 5.41) is 0. The Morgan fingerprint density at radius 3 is 2.80 bits per heavy atom. The zero-order valence-corrected chi connectivity index (χ0v) is 8.34. The number of hydrogen-bond acceptors (Lipinski definition) is 2. The van der Waals surface area contributed by atoms with Gasteiger partial charge in [-0.1, -0.05) is 0 Å². The molecule has 3 nitrogen and oxygen atoms in total. The van der Waals surface area contributed by atoms with Crippen LogP contribution in [0.4, 0.5) is 8.78 Å². The first-order chi connectivity index (χ1) is 7.11. The van der Waals surface area contributed by atoms with Gasteiger partial charge >= 0.3 is 0 Å². The Morgan fingerprint density at radius 1 is 1.40 bits per heavy atom. The van der Waals surface area contributed by atoms with E-state index in [1.54, 1.807) is 6.92 Å². The normalized spacial score (nSPS) is 13.3. The van der Waals surface area contributed by atoms with Crippen molar-refractivity contribution < 1.29 is 13.5 Å². The number of halogens is 2. The number of fused-ring (bicyclic) bond motifs is 1. The molecule has 0 spiro atoms. The maximum Gasteiger partial charge on any atom is 0.153 e. The Hall–Kier alpha value is -1.49. The third-order valence-corrected chi connectivity index (χ3v) is 2.26. The van der Waals surface area contributed by atoms with Gasteiger partial charge in [0.25, 0.3) is 0 Å². The van der Waals surface area contributed by atoms with Gasteiger partial charge < -0.3 is 9.72 Å². The molecule has 0 aliphatic heterocycles. The van der Waals surface area contributed by atoms with Gasteiger partial charge in [-0.15, -0.1) is 0 Å². The van der Waals surface area contributed by atoms with Crippen LogP contribution in [0.3, 0.4) is 0 Å². The number of nitrogens with one attached hydrogen (secondary N) is 1. The fraction of sp³-hybridized carbons (Fsp3) is 0.300. The first kappa shape index (κ1) is 10.0. The first-order valence-electron chi connectivity index (χ1n) is 4.49. The summed E-state index contributed by atoms with van der Waals surface area (Å²) in [7, 11) is 1.52. The lowest BCUT2D eigenvalue weighted by Crippen LogP contribution is -1.97. The van der Waals surface area contributed by atoms with E-state index < -0.39 is 11.6 Å². The van der Waals surface area contributed by atoms with Crippen molar-refractivity contribution in [3.63, 3.8) is 0 Å². The van der Waals surface area contributed by atoms with Crippen molar-refractivity contribution in [2.75, 3.05) is 7.11 Å². The summed E-state index contributed by atoms with van der Waals surface area (Å²) in [5.74, 6) is -0.812. The number of hydrogen-bond donors (Lipinski definition) is 1. The summed E-state index contributed by atoms with van der Waals surface area (Å²) in [6.45, 7) is 1.77. The summed E-state index contributed by atoms with van der Waals surface area (Å²) in [6.07, 6.45) is -0.278. The smallest absolute Gasteiger partial charge is 0.153 e. The Bertz CT molecular complexity index is 495. The van der Waals surface area contributed by atoms with Crippen molar-refractivity contribution >= 4 is 11.0 Å². The second kappa shape index (κ2) is 3.58. The second-order valence-corrected chi connectivity index (χ2v) is 3.28. The zero-order valence-electron chi connectivity index (χ0n) is 8.34. The molecule has 1 atom stereocenters. The fourth-order valence-electron chi connectivity index (χ4n) is 1.37. The summed E-state index contributed by atoms with van der Waals surface area (Å²) in [5.41, 5.74) is 0.474. The van der Waals surface area contributed by atoms with E-state index in [0.29, 0.717) is 11.3 Å². The first-order valence-corrected chi connectivity index (χ1v) is 4.49. The van der Waals surface area contributed by atoms with Gasteiger partial charge in [-0.25, -0.2) is 13.8 Å². The standard InChI is InChI=1S/C10H10F2N2O/c1-5(15-2)10-13-8-4-6(11)3-7(12)9(8)14-10/h3-5H,1-2H3,(H,13,14). The molecule has 5 heteroatoms. The molecular weight excluding hydrogens is 202 g/mol. The quantitative estimate of drug-likeness (QED) is 0.830. The molecule has 80 valence electrons.